The van der Waals surface area contributed by atoms with Crippen LogP contribution in [-0.4, -0.2) is 36.1 Å². The van der Waals surface area contributed by atoms with Crippen LogP contribution >= 0.6 is 23.7 Å². The summed E-state index contributed by atoms with van der Waals surface area (Å²) in [6.07, 6.45) is 1.37. The lowest BCUT2D eigenvalue weighted by Gasteiger charge is -2.34. The van der Waals surface area contributed by atoms with Gasteiger partial charge in [-0.1, -0.05) is 0 Å². The molecule has 3 heterocycles. The molecule has 0 aromatic carbocycles. The normalized spacial score (nSPS) is 28.8. The van der Waals surface area contributed by atoms with Crippen LogP contribution in [0.1, 0.15) is 17.0 Å². The van der Waals surface area contributed by atoms with Crippen LogP contribution in [0.2, 0.25) is 0 Å². The van der Waals surface area contributed by atoms with Crippen LogP contribution in [0.15, 0.2) is 5.51 Å². The van der Waals surface area contributed by atoms with Gasteiger partial charge in [-0.2, -0.15) is 0 Å². The molecule has 2 aliphatic rings. The van der Waals surface area contributed by atoms with Crippen LogP contribution in [0, 0.1) is 18.8 Å². The maximum absolute atomic E-state index is 4.33. The number of hydrogen-bond donors (Lipinski definition) is 1. The highest BCUT2D eigenvalue weighted by Crippen LogP contribution is 2.28. The van der Waals surface area contributed by atoms with Gasteiger partial charge in [-0.25, -0.2) is 4.98 Å². The summed E-state index contributed by atoms with van der Waals surface area (Å²) in [5.74, 6) is 1.83. The molecule has 3 rings (SSSR count). The van der Waals surface area contributed by atoms with Crippen LogP contribution in [0.3, 0.4) is 0 Å². The maximum Gasteiger partial charge on any atom is 0.0798 e. The second-order valence-electron chi connectivity index (χ2n) is 5.06. The van der Waals surface area contributed by atoms with E-state index in [2.05, 4.69) is 22.1 Å². The SMILES string of the molecule is Cc1ncsc1CN1CCC2CNCC2C1.Cl. The van der Waals surface area contributed by atoms with Crippen LogP contribution < -0.4 is 5.32 Å². The summed E-state index contributed by atoms with van der Waals surface area (Å²) in [5, 5.41) is 3.52. The quantitative estimate of drug-likeness (QED) is 0.892. The van der Waals surface area contributed by atoms with Gasteiger partial charge in [0.15, 0.2) is 0 Å². The van der Waals surface area contributed by atoms with Crippen molar-refractivity contribution in [1.29, 1.82) is 0 Å². The molecule has 0 bridgehead atoms. The molecule has 1 aromatic heterocycles. The molecule has 2 unspecified atom stereocenters. The van der Waals surface area contributed by atoms with E-state index in [1.165, 1.54) is 43.2 Å². The van der Waals surface area contributed by atoms with E-state index in [-0.39, 0.29) is 12.4 Å². The van der Waals surface area contributed by atoms with E-state index in [0.717, 1.165) is 18.4 Å². The predicted octanol–water partition coefficient (Wildman–Crippen LogP) is 1.91. The fourth-order valence-corrected chi connectivity index (χ4v) is 3.75. The third kappa shape index (κ3) is 2.81. The zero-order valence-electron chi connectivity index (χ0n) is 10.2. The fraction of sp³-hybridized carbons (Fsp3) is 0.750. The summed E-state index contributed by atoms with van der Waals surface area (Å²) in [4.78, 5) is 8.38. The van der Waals surface area contributed by atoms with Gasteiger partial charge in [-0.3, -0.25) is 4.90 Å². The number of hydrogen-bond acceptors (Lipinski definition) is 4. The molecule has 2 fully saturated rings. The zero-order valence-corrected chi connectivity index (χ0v) is 11.8. The van der Waals surface area contributed by atoms with Crippen LogP contribution in [0.5, 0.6) is 0 Å². The van der Waals surface area contributed by atoms with Crippen molar-refractivity contribution in [1.82, 2.24) is 15.2 Å². The van der Waals surface area contributed by atoms with Gasteiger partial charge in [0.1, 0.15) is 0 Å². The van der Waals surface area contributed by atoms with E-state index in [1.807, 2.05) is 5.51 Å². The number of aromatic nitrogens is 1. The maximum atomic E-state index is 4.33. The number of piperidine rings is 1. The van der Waals surface area contributed by atoms with Crippen molar-refractivity contribution >= 4 is 23.7 Å². The van der Waals surface area contributed by atoms with Crippen molar-refractivity contribution in [2.45, 2.75) is 19.9 Å². The average Bonchev–Trinajstić information content (AvgIpc) is 2.88. The Labute approximate surface area is 113 Å². The zero-order chi connectivity index (χ0) is 11.0. The molecule has 2 aliphatic heterocycles. The molecule has 17 heavy (non-hydrogen) atoms. The minimum absolute atomic E-state index is 0. The number of rotatable bonds is 2. The van der Waals surface area contributed by atoms with Gasteiger partial charge < -0.3 is 5.32 Å². The molecule has 3 nitrogen and oxygen atoms in total. The lowest BCUT2D eigenvalue weighted by Crippen LogP contribution is -2.39. The Balaban J connectivity index is 0.00000108. The Kier molecular flexibility index (Phi) is 4.42. The highest BCUT2D eigenvalue weighted by atomic mass is 35.5. The summed E-state index contributed by atoms with van der Waals surface area (Å²) < 4.78 is 0. The first kappa shape index (κ1) is 13.3. The Morgan fingerprint density at radius 3 is 3.06 bits per heavy atom. The van der Waals surface area contributed by atoms with Crippen LogP contribution in [-0.2, 0) is 6.54 Å². The van der Waals surface area contributed by atoms with E-state index in [9.17, 15) is 0 Å². The molecule has 1 N–H and O–H groups in total. The minimum Gasteiger partial charge on any atom is -0.316 e. The Morgan fingerprint density at radius 1 is 1.47 bits per heavy atom. The molecular weight excluding hydrogens is 254 g/mol. The van der Waals surface area contributed by atoms with Crippen molar-refractivity contribution in [3.63, 3.8) is 0 Å². The molecule has 2 atom stereocenters. The predicted molar refractivity (Wildman–Crippen MR) is 73.8 cm³/mol. The molecule has 5 heteroatoms. The number of likely N-dealkylation sites (tertiary alicyclic amines) is 1. The second-order valence-corrected chi connectivity index (χ2v) is 6.00. The number of halogens is 1. The van der Waals surface area contributed by atoms with Crippen molar-refractivity contribution in [3.8, 4) is 0 Å². The van der Waals surface area contributed by atoms with E-state index < -0.39 is 0 Å². The number of nitrogens with one attached hydrogen (secondary N) is 1. The Bertz CT molecular complexity index is 368. The van der Waals surface area contributed by atoms with E-state index >= 15 is 0 Å². The lowest BCUT2D eigenvalue weighted by molar-refractivity contribution is 0.143. The van der Waals surface area contributed by atoms with E-state index in [1.54, 1.807) is 11.3 Å². The topological polar surface area (TPSA) is 28.2 Å². The number of aryl methyl sites for hydroxylation is 1. The first-order valence-electron chi connectivity index (χ1n) is 6.15. The molecule has 0 saturated carbocycles. The molecule has 0 amide bonds. The highest BCUT2D eigenvalue weighted by Gasteiger charge is 2.32. The fourth-order valence-electron chi connectivity index (χ4n) is 2.93. The molecule has 0 spiro atoms. The van der Waals surface area contributed by atoms with Gasteiger partial charge >= 0.3 is 0 Å². The third-order valence-electron chi connectivity index (χ3n) is 4.00. The van der Waals surface area contributed by atoms with Gasteiger partial charge in [-0.05, 0) is 44.8 Å². The Hall–Kier alpha value is -0.160. The number of fused-ring (bicyclic) bond motifs is 1. The number of thiazole rings is 1. The monoisotopic (exact) mass is 273 g/mol. The lowest BCUT2D eigenvalue weighted by atomic mass is 9.89. The summed E-state index contributed by atoms with van der Waals surface area (Å²) in [6, 6.07) is 0. The molecular formula is C12H20ClN3S. The van der Waals surface area contributed by atoms with E-state index in [0.29, 0.717) is 0 Å². The molecule has 2 saturated heterocycles. The molecule has 0 radical (unpaired) electrons. The average molecular weight is 274 g/mol. The number of nitrogens with zero attached hydrogens (tertiary/aromatic N) is 2. The summed E-state index contributed by atoms with van der Waals surface area (Å²) in [6.45, 7) is 8.24. The summed E-state index contributed by atoms with van der Waals surface area (Å²) in [5.41, 5.74) is 3.19. The Morgan fingerprint density at radius 2 is 2.29 bits per heavy atom. The molecule has 0 aliphatic carbocycles. The summed E-state index contributed by atoms with van der Waals surface area (Å²) in [7, 11) is 0. The van der Waals surface area contributed by atoms with Crippen molar-refractivity contribution in [2.24, 2.45) is 11.8 Å². The van der Waals surface area contributed by atoms with Gasteiger partial charge in [0, 0.05) is 18.0 Å². The first-order chi connectivity index (χ1) is 7.83. The van der Waals surface area contributed by atoms with Gasteiger partial charge in [0.05, 0.1) is 11.2 Å². The third-order valence-corrected chi connectivity index (χ3v) is 4.92. The van der Waals surface area contributed by atoms with Crippen molar-refractivity contribution in [2.75, 3.05) is 26.2 Å². The first-order valence-corrected chi connectivity index (χ1v) is 7.03. The summed E-state index contributed by atoms with van der Waals surface area (Å²) >= 11 is 1.80. The van der Waals surface area contributed by atoms with Crippen LogP contribution in [0.4, 0.5) is 0 Å². The van der Waals surface area contributed by atoms with Gasteiger partial charge in [0.2, 0.25) is 0 Å². The highest BCUT2D eigenvalue weighted by molar-refractivity contribution is 7.09. The molecule has 96 valence electrons. The van der Waals surface area contributed by atoms with E-state index in [4.69, 9.17) is 0 Å². The van der Waals surface area contributed by atoms with Crippen molar-refractivity contribution < 1.29 is 0 Å². The van der Waals surface area contributed by atoms with Crippen molar-refractivity contribution in [3.05, 3.63) is 16.1 Å². The van der Waals surface area contributed by atoms with Crippen LogP contribution in [0.25, 0.3) is 0 Å². The standard InChI is InChI=1S/C12H19N3S.ClH/c1-9-12(16-8-14-9)7-15-3-2-10-4-13-5-11(10)6-15;/h8,10-11,13H,2-7H2,1H3;1H. The second kappa shape index (κ2) is 5.65. The minimum atomic E-state index is 0. The molecule has 1 aromatic rings. The van der Waals surface area contributed by atoms with Gasteiger partial charge in [0.25, 0.3) is 0 Å². The smallest absolute Gasteiger partial charge is 0.0798 e. The largest absolute Gasteiger partial charge is 0.316 e. The van der Waals surface area contributed by atoms with Gasteiger partial charge in [-0.15, -0.1) is 23.7 Å².